The van der Waals surface area contributed by atoms with Crippen LogP contribution in [-0.2, 0) is 0 Å². The predicted molar refractivity (Wildman–Crippen MR) is 52.9 cm³/mol. The first-order valence-electron chi connectivity index (χ1n) is 5.56. The first-order chi connectivity index (χ1) is 5.56. The molecule has 0 nitrogen and oxygen atoms in total. The summed E-state index contributed by atoms with van der Waals surface area (Å²) in [6, 6.07) is 0. The molecule has 0 aromatic rings. The van der Waals surface area contributed by atoms with E-state index in [9.17, 15) is 0 Å². The molecule has 0 saturated heterocycles. The standard InChI is InChI=1S/C12H22/c1-5-12(3,4)10-7-9-6-8(2)11(9)10/h8-11H,5-7H2,1-4H3. The molecular weight excluding hydrogens is 144 g/mol. The summed E-state index contributed by atoms with van der Waals surface area (Å²) in [5.74, 6) is 4.34. The van der Waals surface area contributed by atoms with Gasteiger partial charge in [-0.25, -0.2) is 0 Å². The van der Waals surface area contributed by atoms with Gasteiger partial charge < -0.3 is 0 Å². The van der Waals surface area contributed by atoms with Crippen molar-refractivity contribution in [2.24, 2.45) is 29.1 Å². The molecule has 0 spiro atoms. The maximum Gasteiger partial charge on any atom is -0.0326 e. The summed E-state index contributed by atoms with van der Waals surface area (Å²) in [7, 11) is 0. The van der Waals surface area contributed by atoms with Crippen molar-refractivity contribution in [1.29, 1.82) is 0 Å². The van der Waals surface area contributed by atoms with Crippen molar-refractivity contribution in [2.45, 2.75) is 47.0 Å². The van der Waals surface area contributed by atoms with Gasteiger partial charge in [0.15, 0.2) is 0 Å². The highest BCUT2D eigenvalue weighted by molar-refractivity contribution is 5.04. The summed E-state index contributed by atoms with van der Waals surface area (Å²) in [6.07, 6.45) is 4.42. The van der Waals surface area contributed by atoms with Gasteiger partial charge in [0.05, 0.1) is 0 Å². The predicted octanol–water partition coefficient (Wildman–Crippen LogP) is 3.71. The van der Waals surface area contributed by atoms with E-state index in [1.165, 1.54) is 19.3 Å². The smallest absolute Gasteiger partial charge is 0.0326 e. The minimum Gasteiger partial charge on any atom is -0.0649 e. The van der Waals surface area contributed by atoms with Gasteiger partial charge in [0.2, 0.25) is 0 Å². The molecule has 0 heterocycles. The van der Waals surface area contributed by atoms with Crippen molar-refractivity contribution in [1.82, 2.24) is 0 Å². The van der Waals surface area contributed by atoms with Crippen LogP contribution in [0, 0.1) is 29.1 Å². The van der Waals surface area contributed by atoms with Crippen molar-refractivity contribution >= 4 is 0 Å². The molecule has 4 atom stereocenters. The first kappa shape index (κ1) is 8.59. The quantitative estimate of drug-likeness (QED) is 0.586. The lowest BCUT2D eigenvalue weighted by Gasteiger charge is -2.62. The van der Waals surface area contributed by atoms with Crippen LogP contribution in [0.2, 0.25) is 0 Å². The largest absolute Gasteiger partial charge is 0.0649 e. The SMILES string of the molecule is CCC(C)(C)C1CC2CC(C)C21. The van der Waals surface area contributed by atoms with Crippen LogP contribution in [0.3, 0.4) is 0 Å². The van der Waals surface area contributed by atoms with E-state index in [1.807, 2.05) is 0 Å². The maximum atomic E-state index is 2.46. The number of hydrogen-bond acceptors (Lipinski definition) is 0. The topological polar surface area (TPSA) is 0 Å². The molecule has 70 valence electrons. The lowest BCUT2D eigenvalue weighted by Crippen LogP contribution is -2.55. The fourth-order valence-corrected chi connectivity index (χ4v) is 3.43. The van der Waals surface area contributed by atoms with E-state index in [0.717, 1.165) is 23.7 Å². The first-order valence-corrected chi connectivity index (χ1v) is 5.56. The molecule has 0 bridgehead atoms. The Labute approximate surface area is 76.7 Å². The van der Waals surface area contributed by atoms with Crippen LogP contribution in [0.25, 0.3) is 0 Å². The van der Waals surface area contributed by atoms with E-state index in [2.05, 4.69) is 27.7 Å². The minimum atomic E-state index is 0.621. The third kappa shape index (κ3) is 0.963. The summed E-state index contributed by atoms with van der Waals surface area (Å²) in [5, 5.41) is 0. The number of hydrogen-bond donors (Lipinski definition) is 0. The molecule has 0 radical (unpaired) electrons. The van der Waals surface area contributed by atoms with Crippen LogP contribution >= 0.6 is 0 Å². The maximum absolute atomic E-state index is 2.46. The molecule has 0 aromatic carbocycles. The summed E-state index contributed by atoms with van der Waals surface area (Å²) in [5.41, 5.74) is 0.621. The van der Waals surface area contributed by atoms with Crippen molar-refractivity contribution in [2.75, 3.05) is 0 Å². The van der Waals surface area contributed by atoms with Crippen LogP contribution in [-0.4, -0.2) is 0 Å². The third-order valence-corrected chi connectivity index (χ3v) is 4.81. The fraction of sp³-hybridized carbons (Fsp3) is 1.00. The molecule has 4 unspecified atom stereocenters. The average molecular weight is 166 g/mol. The van der Waals surface area contributed by atoms with Crippen molar-refractivity contribution in [3.63, 3.8) is 0 Å². The highest BCUT2D eigenvalue weighted by atomic mass is 14.6. The van der Waals surface area contributed by atoms with E-state index in [1.54, 1.807) is 0 Å². The molecule has 0 heteroatoms. The van der Waals surface area contributed by atoms with Gasteiger partial charge in [-0.2, -0.15) is 0 Å². The van der Waals surface area contributed by atoms with Gasteiger partial charge in [0, 0.05) is 0 Å². The second-order valence-electron chi connectivity index (χ2n) is 5.73. The van der Waals surface area contributed by atoms with Crippen LogP contribution in [0.15, 0.2) is 0 Å². The van der Waals surface area contributed by atoms with Gasteiger partial charge in [-0.05, 0) is 41.9 Å². The zero-order valence-corrected chi connectivity index (χ0v) is 8.93. The van der Waals surface area contributed by atoms with Crippen LogP contribution in [0.4, 0.5) is 0 Å². The van der Waals surface area contributed by atoms with Gasteiger partial charge in [-0.1, -0.05) is 34.1 Å². The summed E-state index contributed by atoms with van der Waals surface area (Å²) >= 11 is 0. The molecule has 2 aliphatic rings. The normalized spacial score (nSPS) is 46.0. The van der Waals surface area contributed by atoms with Crippen molar-refractivity contribution in [3.05, 3.63) is 0 Å². The summed E-state index contributed by atoms with van der Waals surface area (Å²) in [4.78, 5) is 0. The van der Waals surface area contributed by atoms with E-state index in [4.69, 9.17) is 0 Å². The molecule has 2 aliphatic carbocycles. The average Bonchev–Trinajstić information content (AvgIpc) is 1.97. The summed E-state index contributed by atoms with van der Waals surface area (Å²) < 4.78 is 0. The van der Waals surface area contributed by atoms with Crippen molar-refractivity contribution < 1.29 is 0 Å². The summed E-state index contributed by atoms with van der Waals surface area (Å²) in [6.45, 7) is 9.70. The highest BCUT2D eigenvalue weighted by Gasteiger charge is 2.55. The molecule has 12 heavy (non-hydrogen) atoms. The Morgan fingerprint density at radius 1 is 1.25 bits per heavy atom. The Kier molecular flexibility index (Phi) is 1.79. The van der Waals surface area contributed by atoms with E-state index in [-0.39, 0.29) is 0 Å². The zero-order chi connectivity index (χ0) is 8.93. The minimum absolute atomic E-state index is 0.621. The Bertz CT molecular complexity index is 176. The van der Waals surface area contributed by atoms with Gasteiger partial charge in [0.1, 0.15) is 0 Å². The lowest BCUT2D eigenvalue weighted by atomic mass is 9.43. The molecular formula is C12H22. The third-order valence-electron chi connectivity index (χ3n) is 4.81. The molecule has 0 amide bonds. The molecule has 2 fully saturated rings. The second kappa shape index (κ2) is 2.49. The lowest BCUT2D eigenvalue weighted by molar-refractivity contribution is -0.132. The monoisotopic (exact) mass is 166 g/mol. The highest BCUT2D eigenvalue weighted by Crippen LogP contribution is 2.63. The Morgan fingerprint density at radius 3 is 2.33 bits per heavy atom. The van der Waals surface area contributed by atoms with Gasteiger partial charge in [-0.3, -0.25) is 0 Å². The Hall–Kier alpha value is 0. The zero-order valence-electron chi connectivity index (χ0n) is 8.93. The van der Waals surface area contributed by atoms with Gasteiger partial charge in [0.25, 0.3) is 0 Å². The van der Waals surface area contributed by atoms with E-state index in [0.29, 0.717) is 5.41 Å². The fourth-order valence-electron chi connectivity index (χ4n) is 3.43. The van der Waals surface area contributed by atoms with Gasteiger partial charge in [-0.15, -0.1) is 0 Å². The number of fused-ring (bicyclic) bond motifs is 1. The van der Waals surface area contributed by atoms with Gasteiger partial charge >= 0.3 is 0 Å². The molecule has 2 rings (SSSR count). The second-order valence-corrected chi connectivity index (χ2v) is 5.73. The molecule has 0 N–H and O–H groups in total. The Morgan fingerprint density at radius 2 is 1.92 bits per heavy atom. The molecule has 2 saturated carbocycles. The number of rotatable bonds is 2. The van der Waals surface area contributed by atoms with Crippen molar-refractivity contribution in [3.8, 4) is 0 Å². The Balaban J connectivity index is 1.99. The van der Waals surface area contributed by atoms with Crippen LogP contribution in [0.1, 0.15) is 47.0 Å². The van der Waals surface area contributed by atoms with E-state index >= 15 is 0 Å². The molecule has 0 aliphatic heterocycles. The van der Waals surface area contributed by atoms with E-state index < -0.39 is 0 Å². The van der Waals surface area contributed by atoms with Crippen LogP contribution < -0.4 is 0 Å². The van der Waals surface area contributed by atoms with Crippen LogP contribution in [0.5, 0.6) is 0 Å². The molecule has 0 aromatic heterocycles.